The van der Waals surface area contributed by atoms with Gasteiger partial charge in [-0.15, -0.1) is 0 Å². The van der Waals surface area contributed by atoms with Gasteiger partial charge in [0.1, 0.15) is 0 Å². The molecule has 1 unspecified atom stereocenters. The summed E-state index contributed by atoms with van der Waals surface area (Å²) in [6.07, 6.45) is 0. The van der Waals surface area contributed by atoms with Crippen LogP contribution in [-0.2, 0) is 0 Å². The fourth-order valence-corrected chi connectivity index (χ4v) is 1.99. The SMILES string of the molecule is ClP(Br)c1ccccc1. The van der Waals surface area contributed by atoms with E-state index in [-0.39, 0.29) is 0 Å². The normalized spacial score (nSPS) is 13.1. The molecule has 1 aromatic rings. The highest BCUT2D eigenvalue weighted by Crippen LogP contribution is 2.47. The molecule has 0 fully saturated rings. The van der Waals surface area contributed by atoms with Gasteiger partial charge in [0.2, 0.25) is 0 Å². The van der Waals surface area contributed by atoms with Gasteiger partial charge in [-0.25, -0.2) is 0 Å². The predicted octanol–water partition coefficient (Wildman–Crippen LogP) is 3.26. The lowest BCUT2D eigenvalue weighted by atomic mass is 10.4. The second-order valence-electron chi connectivity index (χ2n) is 1.57. The Morgan fingerprint density at radius 3 is 2.11 bits per heavy atom. The first-order valence-corrected chi connectivity index (χ1v) is 6.74. The number of rotatable bonds is 1. The third-order valence-electron chi connectivity index (χ3n) is 0.951. The zero-order valence-electron chi connectivity index (χ0n) is 4.59. The standard InChI is InChI=1S/C6H5BrClP/c7-9(8)6-4-2-1-3-5-6/h1-5H. The maximum Gasteiger partial charge on any atom is 0.0909 e. The highest BCUT2D eigenvalue weighted by atomic mass is 79.9. The van der Waals surface area contributed by atoms with Gasteiger partial charge in [0, 0.05) is 5.30 Å². The first-order valence-electron chi connectivity index (χ1n) is 2.47. The molecule has 0 aromatic heterocycles. The summed E-state index contributed by atoms with van der Waals surface area (Å²) in [7, 11) is 0. The molecule has 1 rings (SSSR count). The van der Waals surface area contributed by atoms with Crippen LogP contribution >= 0.6 is 32.7 Å². The van der Waals surface area contributed by atoms with Crippen molar-refractivity contribution in [1.29, 1.82) is 0 Å². The topological polar surface area (TPSA) is 0 Å². The minimum Gasteiger partial charge on any atom is -0.0782 e. The minimum absolute atomic E-state index is 0.611. The van der Waals surface area contributed by atoms with Crippen LogP contribution in [-0.4, -0.2) is 0 Å². The Kier molecular flexibility index (Phi) is 2.97. The molecule has 0 spiro atoms. The average Bonchev–Trinajstić information content (AvgIpc) is 1.90. The molecular weight excluding hydrogens is 218 g/mol. The van der Waals surface area contributed by atoms with Crippen molar-refractivity contribution in [2.24, 2.45) is 0 Å². The van der Waals surface area contributed by atoms with Crippen molar-refractivity contribution in [2.45, 2.75) is 0 Å². The summed E-state index contributed by atoms with van der Waals surface area (Å²) in [5.74, 6) is -0.611. The lowest BCUT2D eigenvalue weighted by Gasteiger charge is -1.97. The third kappa shape index (κ3) is 2.25. The van der Waals surface area contributed by atoms with Gasteiger partial charge in [0.05, 0.1) is 5.98 Å². The molecule has 0 nitrogen and oxygen atoms in total. The van der Waals surface area contributed by atoms with Crippen LogP contribution in [0.4, 0.5) is 0 Å². The summed E-state index contributed by atoms with van der Waals surface area (Å²) in [4.78, 5) is 0. The lowest BCUT2D eigenvalue weighted by molar-refractivity contribution is 1.78. The molecule has 9 heavy (non-hydrogen) atoms. The van der Waals surface area contributed by atoms with Crippen LogP contribution in [0.25, 0.3) is 0 Å². The van der Waals surface area contributed by atoms with Crippen molar-refractivity contribution in [3.63, 3.8) is 0 Å². The summed E-state index contributed by atoms with van der Waals surface area (Å²) in [5, 5.41) is 1.16. The maximum absolute atomic E-state index is 5.78. The summed E-state index contributed by atoms with van der Waals surface area (Å²) in [5.41, 5.74) is 0. The van der Waals surface area contributed by atoms with Gasteiger partial charge in [0.15, 0.2) is 0 Å². The fraction of sp³-hybridized carbons (Fsp3) is 0. The zero-order chi connectivity index (χ0) is 6.69. The average molecular weight is 223 g/mol. The van der Waals surface area contributed by atoms with Crippen LogP contribution in [0.5, 0.6) is 0 Å². The zero-order valence-corrected chi connectivity index (χ0v) is 7.83. The van der Waals surface area contributed by atoms with Crippen LogP contribution in [0.15, 0.2) is 30.3 Å². The number of benzene rings is 1. The molecule has 1 aromatic carbocycles. The molecular formula is C6H5BrClP. The minimum atomic E-state index is -0.611. The van der Waals surface area contributed by atoms with Crippen LogP contribution in [0.1, 0.15) is 0 Å². The Morgan fingerprint density at radius 1 is 1.22 bits per heavy atom. The molecule has 0 saturated heterocycles. The quantitative estimate of drug-likeness (QED) is 0.641. The van der Waals surface area contributed by atoms with E-state index in [4.69, 9.17) is 11.2 Å². The Hall–Kier alpha value is 0.420. The Labute approximate surface area is 68.5 Å². The highest BCUT2D eigenvalue weighted by molar-refractivity contribution is 9.42. The van der Waals surface area contributed by atoms with Gasteiger partial charge in [-0.2, -0.15) is 0 Å². The molecule has 0 heterocycles. The number of hydrogen-bond acceptors (Lipinski definition) is 0. The smallest absolute Gasteiger partial charge is 0.0782 e. The number of halogens is 2. The van der Waals surface area contributed by atoms with Crippen molar-refractivity contribution in [2.75, 3.05) is 0 Å². The fourth-order valence-electron chi connectivity index (χ4n) is 0.541. The first kappa shape index (κ1) is 7.53. The molecule has 0 aliphatic rings. The van der Waals surface area contributed by atoms with E-state index in [9.17, 15) is 0 Å². The molecule has 0 saturated carbocycles. The molecule has 0 radical (unpaired) electrons. The lowest BCUT2D eigenvalue weighted by Crippen LogP contribution is -1.89. The van der Waals surface area contributed by atoms with Crippen LogP contribution in [0, 0.1) is 0 Å². The molecule has 3 heteroatoms. The number of hydrogen-bond donors (Lipinski definition) is 0. The Bertz CT molecular complexity index is 176. The van der Waals surface area contributed by atoms with E-state index in [2.05, 4.69) is 15.5 Å². The van der Waals surface area contributed by atoms with Gasteiger partial charge in [-0.3, -0.25) is 0 Å². The van der Waals surface area contributed by atoms with E-state index in [1.54, 1.807) is 0 Å². The highest BCUT2D eigenvalue weighted by Gasteiger charge is 1.98. The largest absolute Gasteiger partial charge is 0.0909 e. The van der Waals surface area contributed by atoms with Crippen molar-refractivity contribution in [3.8, 4) is 0 Å². The summed E-state index contributed by atoms with van der Waals surface area (Å²) in [6, 6.07) is 9.95. The van der Waals surface area contributed by atoms with Crippen molar-refractivity contribution in [1.82, 2.24) is 0 Å². The maximum atomic E-state index is 5.78. The molecule has 1 atom stereocenters. The van der Waals surface area contributed by atoms with E-state index in [0.717, 1.165) is 5.30 Å². The predicted molar refractivity (Wildman–Crippen MR) is 47.8 cm³/mol. The molecule has 0 aliphatic carbocycles. The molecule has 48 valence electrons. The van der Waals surface area contributed by atoms with Gasteiger partial charge >= 0.3 is 0 Å². The first-order chi connectivity index (χ1) is 4.30. The van der Waals surface area contributed by atoms with Gasteiger partial charge in [0.25, 0.3) is 0 Å². The van der Waals surface area contributed by atoms with Crippen LogP contribution in [0.2, 0.25) is 0 Å². The Balaban J connectivity index is 2.85. The van der Waals surface area contributed by atoms with Gasteiger partial charge in [-0.1, -0.05) is 41.6 Å². The Morgan fingerprint density at radius 2 is 1.78 bits per heavy atom. The van der Waals surface area contributed by atoms with Crippen molar-refractivity contribution >= 4 is 38.0 Å². The van der Waals surface area contributed by atoms with E-state index in [1.807, 2.05) is 30.3 Å². The van der Waals surface area contributed by atoms with E-state index in [0.29, 0.717) is 0 Å². The van der Waals surface area contributed by atoms with Gasteiger partial charge < -0.3 is 0 Å². The summed E-state index contributed by atoms with van der Waals surface area (Å²) < 4.78 is 0. The second-order valence-corrected chi connectivity index (χ2v) is 6.92. The van der Waals surface area contributed by atoms with E-state index >= 15 is 0 Å². The molecule has 0 aliphatic heterocycles. The monoisotopic (exact) mass is 222 g/mol. The summed E-state index contributed by atoms with van der Waals surface area (Å²) >= 11 is 9.10. The van der Waals surface area contributed by atoms with Crippen LogP contribution < -0.4 is 5.30 Å². The van der Waals surface area contributed by atoms with E-state index < -0.39 is 5.98 Å². The van der Waals surface area contributed by atoms with E-state index in [1.165, 1.54) is 0 Å². The van der Waals surface area contributed by atoms with Crippen molar-refractivity contribution in [3.05, 3.63) is 30.3 Å². The molecule has 0 amide bonds. The molecule has 0 bridgehead atoms. The summed E-state index contributed by atoms with van der Waals surface area (Å²) in [6.45, 7) is 0. The van der Waals surface area contributed by atoms with Crippen LogP contribution in [0.3, 0.4) is 0 Å². The third-order valence-corrected chi connectivity index (χ3v) is 3.45. The second kappa shape index (κ2) is 3.55. The van der Waals surface area contributed by atoms with Crippen molar-refractivity contribution < 1.29 is 0 Å². The molecule has 0 N–H and O–H groups in total. The van der Waals surface area contributed by atoms with Gasteiger partial charge in [-0.05, 0) is 15.5 Å².